The van der Waals surface area contributed by atoms with Crippen LogP contribution in [-0.2, 0) is 7.05 Å². The fourth-order valence-corrected chi connectivity index (χ4v) is 2.00. The summed E-state index contributed by atoms with van der Waals surface area (Å²) in [6.07, 6.45) is 1.53. The van der Waals surface area contributed by atoms with Gasteiger partial charge in [-0.15, -0.1) is 0 Å². The second kappa shape index (κ2) is 6.23. The molecule has 0 saturated heterocycles. The minimum absolute atomic E-state index is 0.0995. The van der Waals surface area contributed by atoms with Gasteiger partial charge in [0.05, 0.1) is 18.0 Å². The molecule has 0 fully saturated rings. The van der Waals surface area contributed by atoms with E-state index in [9.17, 15) is 14.7 Å². The van der Waals surface area contributed by atoms with Crippen molar-refractivity contribution in [2.45, 2.75) is 0 Å². The van der Waals surface area contributed by atoms with Gasteiger partial charge in [0.2, 0.25) is 0 Å². The Bertz CT molecular complexity index is 709. The SMILES string of the molecule is Cn1ccc(C(=O)N(CCO)c2ccccc2N)cc1=O. The third-order valence-electron chi connectivity index (χ3n) is 3.15. The van der Waals surface area contributed by atoms with Gasteiger partial charge in [0.1, 0.15) is 0 Å². The molecular weight excluding hydrogens is 270 g/mol. The molecule has 2 aromatic rings. The Balaban J connectivity index is 2.42. The molecule has 1 amide bonds. The molecule has 0 aliphatic heterocycles. The zero-order valence-electron chi connectivity index (χ0n) is 11.7. The van der Waals surface area contributed by atoms with E-state index in [1.165, 1.54) is 21.7 Å². The minimum Gasteiger partial charge on any atom is -0.397 e. The van der Waals surface area contributed by atoms with Crippen molar-refractivity contribution in [3.63, 3.8) is 0 Å². The Hall–Kier alpha value is -2.60. The highest BCUT2D eigenvalue weighted by molar-refractivity contribution is 6.07. The van der Waals surface area contributed by atoms with Gasteiger partial charge >= 0.3 is 0 Å². The number of benzene rings is 1. The number of anilines is 2. The van der Waals surface area contributed by atoms with E-state index in [0.717, 1.165) is 0 Å². The molecule has 0 aliphatic carbocycles. The van der Waals surface area contributed by atoms with E-state index >= 15 is 0 Å². The number of para-hydroxylation sites is 2. The van der Waals surface area contributed by atoms with Crippen molar-refractivity contribution < 1.29 is 9.90 Å². The van der Waals surface area contributed by atoms with E-state index in [0.29, 0.717) is 11.4 Å². The first-order chi connectivity index (χ1) is 10.0. The van der Waals surface area contributed by atoms with Gasteiger partial charge in [-0.1, -0.05) is 12.1 Å². The highest BCUT2D eigenvalue weighted by Gasteiger charge is 2.19. The van der Waals surface area contributed by atoms with E-state index in [4.69, 9.17) is 5.73 Å². The van der Waals surface area contributed by atoms with Gasteiger partial charge in [0.25, 0.3) is 11.5 Å². The van der Waals surface area contributed by atoms with Gasteiger partial charge in [0.15, 0.2) is 0 Å². The standard InChI is InChI=1S/C15H17N3O3/c1-17-7-6-11(10-14(17)20)15(21)18(8-9-19)13-5-3-2-4-12(13)16/h2-7,10,19H,8-9,16H2,1H3. The molecule has 2 rings (SSSR count). The number of aromatic nitrogens is 1. The number of carbonyl (C=O) groups excluding carboxylic acids is 1. The van der Waals surface area contributed by atoms with Gasteiger partial charge < -0.3 is 20.3 Å². The molecule has 110 valence electrons. The molecule has 0 atom stereocenters. The monoisotopic (exact) mass is 287 g/mol. The van der Waals surface area contributed by atoms with Crippen LogP contribution < -0.4 is 16.2 Å². The van der Waals surface area contributed by atoms with Crippen molar-refractivity contribution in [1.82, 2.24) is 4.57 Å². The third-order valence-corrected chi connectivity index (χ3v) is 3.15. The number of aliphatic hydroxyl groups is 1. The molecule has 6 heteroatoms. The molecule has 0 radical (unpaired) electrons. The average molecular weight is 287 g/mol. The summed E-state index contributed by atoms with van der Waals surface area (Å²) in [5.41, 5.74) is 6.81. The van der Waals surface area contributed by atoms with Gasteiger partial charge in [-0.3, -0.25) is 9.59 Å². The summed E-state index contributed by atoms with van der Waals surface area (Å²) in [6.45, 7) is -0.104. The first-order valence-corrected chi connectivity index (χ1v) is 6.48. The normalized spacial score (nSPS) is 10.4. The maximum atomic E-state index is 12.6. The lowest BCUT2D eigenvalue weighted by atomic mass is 10.2. The number of aryl methyl sites for hydroxylation is 1. The number of pyridine rings is 1. The minimum atomic E-state index is -0.375. The Kier molecular flexibility index (Phi) is 4.39. The highest BCUT2D eigenvalue weighted by atomic mass is 16.3. The summed E-state index contributed by atoms with van der Waals surface area (Å²) in [7, 11) is 1.61. The van der Waals surface area contributed by atoms with Crippen molar-refractivity contribution in [1.29, 1.82) is 0 Å². The van der Waals surface area contributed by atoms with E-state index in [1.54, 1.807) is 37.4 Å². The van der Waals surface area contributed by atoms with Gasteiger partial charge in [-0.2, -0.15) is 0 Å². The zero-order chi connectivity index (χ0) is 15.4. The second-order valence-corrected chi connectivity index (χ2v) is 4.60. The predicted molar refractivity (Wildman–Crippen MR) is 81.3 cm³/mol. The first-order valence-electron chi connectivity index (χ1n) is 6.48. The van der Waals surface area contributed by atoms with Crippen molar-refractivity contribution in [2.75, 3.05) is 23.8 Å². The summed E-state index contributed by atoms with van der Waals surface area (Å²) >= 11 is 0. The van der Waals surface area contributed by atoms with Crippen LogP contribution >= 0.6 is 0 Å². The number of aliphatic hydroxyl groups excluding tert-OH is 1. The lowest BCUT2D eigenvalue weighted by Crippen LogP contribution is -2.35. The smallest absolute Gasteiger partial charge is 0.258 e. The third kappa shape index (κ3) is 3.11. The van der Waals surface area contributed by atoms with Crippen molar-refractivity contribution in [3.05, 3.63) is 58.5 Å². The van der Waals surface area contributed by atoms with Crippen LogP contribution in [0.25, 0.3) is 0 Å². The van der Waals surface area contributed by atoms with E-state index in [-0.39, 0.29) is 30.2 Å². The van der Waals surface area contributed by atoms with Gasteiger partial charge in [-0.25, -0.2) is 0 Å². The van der Waals surface area contributed by atoms with Crippen LogP contribution in [0.5, 0.6) is 0 Å². The topological polar surface area (TPSA) is 88.6 Å². The molecule has 1 heterocycles. The van der Waals surface area contributed by atoms with E-state index in [1.807, 2.05) is 0 Å². The fraction of sp³-hybridized carbons (Fsp3) is 0.200. The molecule has 0 spiro atoms. The van der Waals surface area contributed by atoms with Gasteiger partial charge in [-0.05, 0) is 18.2 Å². The summed E-state index contributed by atoms with van der Waals surface area (Å²) in [5.74, 6) is -0.375. The second-order valence-electron chi connectivity index (χ2n) is 4.60. The Morgan fingerprint density at radius 2 is 2.05 bits per heavy atom. The molecule has 3 N–H and O–H groups in total. The molecule has 6 nitrogen and oxygen atoms in total. The van der Waals surface area contributed by atoms with Crippen molar-refractivity contribution >= 4 is 17.3 Å². The van der Waals surface area contributed by atoms with E-state index < -0.39 is 0 Å². The number of nitrogens with zero attached hydrogens (tertiary/aromatic N) is 2. The Morgan fingerprint density at radius 3 is 2.67 bits per heavy atom. The molecule has 0 unspecified atom stereocenters. The molecule has 1 aromatic heterocycles. The lowest BCUT2D eigenvalue weighted by molar-refractivity contribution is 0.0981. The predicted octanol–water partition coefficient (Wildman–Crippen LogP) is 0.607. The molecule has 21 heavy (non-hydrogen) atoms. The summed E-state index contributed by atoms with van der Waals surface area (Å²) in [4.78, 5) is 25.6. The fourth-order valence-electron chi connectivity index (χ4n) is 2.00. The van der Waals surface area contributed by atoms with Crippen LogP contribution in [0.1, 0.15) is 10.4 Å². The van der Waals surface area contributed by atoms with Crippen LogP contribution in [0, 0.1) is 0 Å². The molecule has 0 aliphatic rings. The van der Waals surface area contributed by atoms with Crippen LogP contribution in [0.4, 0.5) is 11.4 Å². The summed E-state index contributed by atoms with van der Waals surface area (Å²) in [5, 5.41) is 9.18. The van der Waals surface area contributed by atoms with Crippen LogP contribution in [0.3, 0.4) is 0 Å². The number of carbonyl (C=O) groups is 1. The number of hydrogen-bond acceptors (Lipinski definition) is 4. The first kappa shape index (κ1) is 14.8. The maximum Gasteiger partial charge on any atom is 0.258 e. The van der Waals surface area contributed by atoms with Crippen LogP contribution in [0.2, 0.25) is 0 Å². The summed E-state index contributed by atoms with van der Waals surface area (Å²) < 4.78 is 1.38. The quantitative estimate of drug-likeness (QED) is 0.806. The highest BCUT2D eigenvalue weighted by Crippen LogP contribution is 2.23. The van der Waals surface area contributed by atoms with E-state index in [2.05, 4.69) is 0 Å². The summed E-state index contributed by atoms with van der Waals surface area (Å²) in [6, 6.07) is 9.73. The van der Waals surface area contributed by atoms with Gasteiger partial charge in [0, 0.05) is 31.4 Å². The lowest BCUT2D eigenvalue weighted by Gasteiger charge is -2.23. The average Bonchev–Trinajstić information content (AvgIpc) is 2.48. The number of nitrogen functional groups attached to an aromatic ring is 1. The van der Waals surface area contributed by atoms with Crippen LogP contribution in [-0.4, -0.2) is 28.7 Å². The number of amides is 1. The van der Waals surface area contributed by atoms with Crippen LogP contribution in [0.15, 0.2) is 47.4 Å². The van der Waals surface area contributed by atoms with Crippen molar-refractivity contribution in [2.24, 2.45) is 7.05 Å². The molecule has 0 saturated carbocycles. The number of rotatable bonds is 4. The Labute approximate surface area is 122 Å². The maximum absolute atomic E-state index is 12.6. The molecule has 0 bridgehead atoms. The molecule has 1 aromatic carbocycles. The number of hydrogen-bond donors (Lipinski definition) is 2. The molecular formula is C15H17N3O3. The zero-order valence-corrected chi connectivity index (χ0v) is 11.7. The number of nitrogens with two attached hydrogens (primary N) is 1. The Morgan fingerprint density at radius 1 is 1.33 bits per heavy atom. The van der Waals surface area contributed by atoms with Crippen molar-refractivity contribution in [3.8, 4) is 0 Å². The largest absolute Gasteiger partial charge is 0.397 e.